The van der Waals surface area contributed by atoms with Gasteiger partial charge in [-0.25, -0.2) is 9.98 Å². The predicted octanol–water partition coefficient (Wildman–Crippen LogP) is 1.43. The van der Waals surface area contributed by atoms with E-state index in [0.29, 0.717) is 19.0 Å². The summed E-state index contributed by atoms with van der Waals surface area (Å²) in [5.74, 6) is 0.436. The fourth-order valence-corrected chi connectivity index (χ4v) is 1.64. The van der Waals surface area contributed by atoms with Gasteiger partial charge in [0.25, 0.3) is 0 Å². The van der Waals surface area contributed by atoms with Gasteiger partial charge in [-0.05, 0) is 13.8 Å². The molecule has 82 valence electrons. The number of hydrogen-bond acceptors (Lipinski definition) is 3. The van der Waals surface area contributed by atoms with Gasteiger partial charge in [0.2, 0.25) is 0 Å². The standard InChI is InChI=1S/C10H16N4S/c1-7(2)4-13-10(11)14-6-9-12-5-8(3)15-9/h5H,1,4,6H2,2-3H3,(H3,11,13,14). The minimum Gasteiger partial charge on any atom is -0.370 e. The van der Waals surface area contributed by atoms with E-state index in [9.17, 15) is 0 Å². The molecule has 0 amide bonds. The molecule has 1 rings (SSSR count). The highest BCUT2D eigenvalue weighted by Gasteiger charge is 1.97. The maximum atomic E-state index is 5.65. The number of hydrogen-bond donors (Lipinski definition) is 2. The molecule has 4 nitrogen and oxygen atoms in total. The van der Waals surface area contributed by atoms with Crippen molar-refractivity contribution in [1.29, 1.82) is 0 Å². The molecule has 0 saturated heterocycles. The zero-order valence-corrected chi connectivity index (χ0v) is 9.90. The lowest BCUT2D eigenvalue weighted by molar-refractivity contribution is 0.935. The summed E-state index contributed by atoms with van der Waals surface area (Å²) in [6, 6.07) is 0. The van der Waals surface area contributed by atoms with Crippen LogP contribution in [0.4, 0.5) is 0 Å². The Morgan fingerprint density at radius 1 is 1.73 bits per heavy atom. The highest BCUT2D eigenvalue weighted by Crippen LogP contribution is 2.11. The molecular weight excluding hydrogens is 208 g/mol. The van der Waals surface area contributed by atoms with Crippen molar-refractivity contribution in [3.8, 4) is 0 Å². The van der Waals surface area contributed by atoms with Gasteiger partial charge < -0.3 is 11.1 Å². The number of nitrogens with one attached hydrogen (secondary N) is 1. The quantitative estimate of drug-likeness (QED) is 0.462. The van der Waals surface area contributed by atoms with Gasteiger partial charge in [0.15, 0.2) is 5.96 Å². The van der Waals surface area contributed by atoms with Crippen LogP contribution in [-0.2, 0) is 6.54 Å². The maximum absolute atomic E-state index is 5.65. The lowest BCUT2D eigenvalue weighted by Gasteiger charge is -2.03. The summed E-state index contributed by atoms with van der Waals surface area (Å²) < 4.78 is 0. The molecular formula is C10H16N4S. The number of rotatable bonds is 4. The van der Waals surface area contributed by atoms with E-state index in [0.717, 1.165) is 10.6 Å². The van der Waals surface area contributed by atoms with Crippen LogP contribution in [-0.4, -0.2) is 17.5 Å². The summed E-state index contributed by atoms with van der Waals surface area (Å²) in [5, 5.41) is 3.94. The van der Waals surface area contributed by atoms with Crippen LogP contribution in [0.3, 0.4) is 0 Å². The van der Waals surface area contributed by atoms with Crippen LogP contribution in [0.1, 0.15) is 16.8 Å². The molecule has 5 heteroatoms. The lowest BCUT2D eigenvalue weighted by atomic mass is 10.3. The van der Waals surface area contributed by atoms with Crippen LogP contribution < -0.4 is 11.1 Å². The highest BCUT2D eigenvalue weighted by molar-refractivity contribution is 7.11. The molecule has 0 bridgehead atoms. The molecule has 0 atom stereocenters. The molecule has 0 fully saturated rings. The summed E-state index contributed by atoms with van der Waals surface area (Å²) in [5.41, 5.74) is 6.68. The smallest absolute Gasteiger partial charge is 0.189 e. The Kier molecular flexibility index (Phi) is 4.30. The summed E-state index contributed by atoms with van der Waals surface area (Å²) in [6.07, 6.45) is 1.84. The summed E-state index contributed by atoms with van der Waals surface area (Å²) in [7, 11) is 0. The summed E-state index contributed by atoms with van der Waals surface area (Å²) in [6.45, 7) is 8.92. The fourth-order valence-electron chi connectivity index (χ4n) is 0.925. The van der Waals surface area contributed by atoms with Gasteiger partial charge in [0, 0.05) is 17.6 Å². The summed E-state index contributed by atoms with van der Waals surface area (Å²) >= 11 is 1.64. The van der Waals surface area contributed by atoms with Crippen molar-refractivity contribution in [2.75, 3.05) is 6.54 Å². The van der Waals surface area contributed by atoms with Gasteiger partial charge >= 0.3 is 0 Å². The van der Waals surface area contributed by atoms with Gasteiger partial charge in [0.1, 0.15) is 5.01 Å². The van der Waals surface area contributed by atoms with E-state index in [-0.39, 0.29) is 0 Å². The molecule has 3 N–H and O–H groups in total. The van der Waals surface area contributed by atoms with Gasteiger partial charge in [-0.2, -0.15) is 0 Å². The normalized spacial score (nSPS) is 11.5. The zero-order chi connectivity index (χ0) is 11.3. The average Bonchev–Trinajstić information content (AvgIpc) is 2.58. The van der Waals surface area contributed by atoms with Crippen LogP contribution in [0.15, 0.2) is 23.3 Å². The number of aromatic nitrogens is 1. The Morgan fingerprint density at radius 2 is 2.47 bits per heavy atom. The highest BCUT2D eigenvalue weighted by atomic mass is 32.1. The Balaban J connectivity index is 2.40. The first-order valence-corrected chi connectivity index (χ1v) is 5.49. The molecule has 0 aliphatic heterocycles. The first-order valence-electron chi connectivity index (χ1n) is 4.67. The molecule has 1 aromatic rings. The van der Waals surface area contributed by atoms with Crippen molar-refractivity contribution >= 4 is 17.3 Å². The van der Waals surface area contributed by atoms with E-state index < -0.39 is 0 Å². The molecule has 0 spiro atoms. The maximum Gasteiger partial charge on any atom is 0.189 e. The van der Waals surface area contributed by atoms with Gasteiger partial charge in [0.05, 0.1) is 6.54 Å². The molecule has 15 heavy (non-hydrogen) atoms. The van der Waals surface area contributed by atoms with Crippen LogP contribution in [0.25, 0.3) is 0 Å². The van der Waals surface area contributed by atoms with Crippen molar-refractivity contribution < 1.29 is 0 Å². The van der Waals surface area contributed by atoms with E-state index in [1.165, 1.54) is 4.88 Å². The molecule has 0 aromatic carbocycles. The largest absolute Gasteiger partial charge is 0.370 e. The first kappa shape index (κ1) is 11.7. The predicted molar refractivity (Wildman–Crippen MR) is 65.0 cm³/mol. The third-order valence-corrected chi connectivity index (χ3v) is 2.52. The van der Waals surface area contributed by atoms with Crippen molar-refractivity contribution in [1.82, 2.24) is 10.3 Å². The Morgan fingerprint density at radius 3 is 3.00 bits per heavy atom. The molecule has 1 heterocycles. The van der Waals surface area contributed by atoms with Gasteiger partial charge in [-0.15, -0.1) is 11.3 Å². The molecule has 0 aliphatic carbocycles. The number of aryl methyl sites for hydroxylation is 1. The van der Waals surface area contributed by atoms with Crippen LogP contribution in [0, 0.1) is 6.92 Å². The van der Waals surface area contributed by atoms with Crippen LogP contribution >= 0.6 is 11.3 Å². The molecule has 0 aliphatic rings. The fraction of sp³-hybridized carbons (Fsp3) is 0.400. The van der Waals surface area contributed by atoms with E-state index in [1.807, 2.05) is 20.0 Å². The number of nitrogens with two attached hydrogens (primary N) is 1. The third-order valence-electron chi connectivity index (χ3n) is 1.63. The van der Waals surface area contributed by atoms with Gasteiger partial charge in [-0.1, -0.05) is 12.2 Å². The SMILES string of the molecule is C=C(C)CNC(N)=NCc1ncc(C)s1. The monoisotopic (exact) mass is 224 g/mol. The average molecular weight is 224 g/mol. The van der Waals surface area contributed by atoms with Crippen LogP contribution in [0.2, 0.25) is 0 Å². The number of guanidine groups is 1. The van der Waals surface area contributed by atoms with Crippen LogP contribution in [0.5, 0.6) is 0 Å². The number of aliphatic imine (C=N–C) groups is 1. The number of nitrogens with zero attached hydrogens (tertiary/aromatic N) is 2. The number of thiazole rings is 1. The lowest BCUT2D eigenvalue weighted by Crippen LogP contribution is -2.32. The third kappa shape index (κ3) is 4.60. The van der Waals surface area contributed by atoms with Gasteiger partial charge in [-0.3, -0.25) is 0 Å². The van der Waals surface area contributed by atoms with Crippen molar-refractivity contribution in [2.24, 2.45) is 10.7 Å². The summed E-state index contributed by atoms with van der Waals surface area (Å²) in [4.78, 5) is 9.55. The van der Waals surface area contributed by atoms with Crippen molar-refractivity contribution in [3.63, 3.8) is 0 Å². The molecule has 0 radical (unpaired) electrons. The molecule has 1 aromatic heterocycles. The van der Waals surface area contributed by atoms with E-state index in [2.05, 4.69) is 21.9 Å². The van der Waals surface area contributed by atoms with Crippen molar-refractivity contribution in [2.45, 2.75) is 20.4 Å². The van der Waals surface area contributed by atoms with E-state index in [1.54, 1.807) is 11.3 Å². The molecule has 0 saturated carbocycles. The zero-order valence-electron chi connectivity index (χ0n) is 9.08. The Hall–Kier alpha value is -1.36. The Labute approximate surface area is 93.9 Å². The Bertz CT molecular complexity index is 367. The van der Waals surface area contributed by atoms with E-state index >= 15 is 0 Å². The second-order valence-corrected chi connectivity index (χ2v) is 4.70. The molecule has 0 unspecified atom stereocenters. The first-order chi connectivity index (χ1) is 7.08. The minimum absolute atomic E-state index is 0.436. The minimum atomic E-state index is 0.436. The topological polar surface area (TPSA) is 63.3 Å². The van der Waals surface area contributed by atoms with E-state index in [4.69, 9.17) is 5.73 Å². The van der Waals surface area contributed by atoms with Crippen molar-refractivity contribution in [3.05, 3.63) is 28.2 Å². The second-order valence-electron chi connectivity index (χ2n) is 3.38. The second kappa shape index (κ2) is 5.50.